The van der Waals surface area contributed by atoms with Gasteiger partial charge >= 0.3 is 5.97 Å². The van der Waals surface area contributed by atoms with Crippen molar-refractivity contribution in [3.05, 3.63) is 0 Å². The summed E-state index contributed by atoms with van der Waals surface area (Å²) in [7, 11) is 0. The molecule has 0 aromatic carbocycles. The van der Waals surface area contributed by atoms with Crippen molar-refractivity contribution in [3.63, 3.8) is 0 Å². The normalized spacial score (nSPS) is 23.6. The number of unbranched alkanes of at least 4 members (excludes halogenated alkanes) is 1. The second kappa shape index (κ2) is 4.61. The Labute approximate surface area is 81.7 Å². The van der Waals surface area contributed by atoms with Crippen molar-refractivity contribution in [2.75, 3.05) is 6.54 Å². The SMILES string of the molecule is N#CCCCNC(=O)[C@@H]1C[C@@H]1C(=O)O. The van der Waals surface area contributed by atoms with Crippen LogP contribution in [0.3, 0.4) is 0 Å². The molecular formula is C9H12N2O3. The molecule has 0 bridgehead atoms. The summed E-state index contributed by atoms with van der Waals surface area (Å²) in [6, 6.07) is 1.97. The third-order valence-corrected chi connectivity index (χ3v) is 2.21. The highest BCUT2D eigenvalue weighted by molar-refractivity contribution is 5.89. The van der Waals surface area contributed by atoms with E-state index in [1.54, 1.807) is 0 Å². The third kappa shape index (κ3) is 2.73. The van der Waals surface area contributed by atoms with E-state index in [2.05, 4.69) is 5.32 Å². The second-order valence-electron chi connectivity index (χ2n) is 3.34. The Balaban J connectivity index is 2.13. The van der Waals surface area contributed by atoms with Gasteiger partial charge in [0.2, 0.25) is 5.91 Å². The Morgan fingerprint density at radius 1 is 1.50 bits per heavy atom. The number of amides is 1. The maximum absolute atomic E-state index is 11.2. The van der Waals surface area contributed by atoms with Crippen LogP contribution in [0, 0.1) is 23.2 Å². The first-order valence-corrected chi connectivity index (χ1v) is 4.54. The molecule has 5 nitrogen and oxygen atoms in total. The van der Waals surface area contributed by atoms with Crippen LogP contribution in [0.15, 0.2) is 0 Å². The fourth-order valence-corrected chi connectivity index (χ4v) is 1.27. The fourth-order valence-electron chi connectivity index (χ4n) is 1.27. The van der Waals surface area contributed by atoms with Gasteiger partial charge in [-0.05, 0) is 12.8 Å². The topological polar surface area (TPSA) is 90.2 Å². The monoisotopic (exact) mass is 196 g/mol. The number of nitrogens with zero attached hydrogens (tertiary/aromatic N) is 1. The lowest BCUT2D eigenvalue weighted by atomic mass is 10.3. The second-order valence-corrected chi connectivity index (χ2v) is 3.34. The van der Waals surface area contributed by atoms with Gasteiger partial charge in [-0.2, -0.15) is 5.26 Å². The summed E-state index contributed by atoms with van der Waals surface area (Å²) in [4.78, 5) is 21.7. The van der Waals surface area contributed by atoms with Crippen LogP contribution < -0.4 is 5.32 Å². The van der Waals surface area contributed by atoms with Crippen LogP contribution in [0.2, 0.25) is 0 Å². The van der Waals surface area contributed by atoms with Gasteiger partial charge < -0.3 is 10.4 Å². The summed E-state index contributed by atoms with van der Waals surface area (Å²) < 4.78 is 0. The molecule has 0 spiro atoms. The average Bonchev–Trinajstić information content (AvgIpc) is 2.91. The lowest BCUT2D eigenvalue weighted by Gasteiger charge is -2.01. The molecular weight excluding hydrogens is 184 g/mol. The molecule has 76 valence electrons. The minimum absolute atomic E-state index is 0.199. The first-order valence-electron chi connectivity index (χ1n) is 4.54. The Morgan fingerprint density at radius 3 is 2.71 bits per heavy atom. The molecule has 0 heterocycles. The number of carboxylic acid groups (broad SMARTS) is 1. The summed E-state index contributed by atoms with van der Waals surface area (Å²) in [5.74, 6) is -1.95. The first-order chi connectivity index (χ1) is 6.66. The first kappa shape index (κ1) is 10.5. The molecule has 1 saturated carbocycles. The zero-order valence-electron chi connectivity index (χ0n) is 7.69. The van der Waals surface area contributed by atoms with Gasteiger partial charge in [-0.15, -0.1) is 0 Å². The van der Waals surface area contributed by atoms with Crippen molar-refractivity contribution in [2.24, 2.45) is 11.8 Å². The predicted octanol–water partition coefficient (Wildman–Crippen LogP) is 0.127. The zero-order valence-corrected chi connectivity index (χ0v) is 7.69. The van der Waals surface area contributed by atoms with Crippen LogP contribution >= 0.6 is 0 Å². The Morgan fingerprint density at radius 2 is 2.21 bits per heavy atom. The Bertz CT molecular complexity index is 282. The minimum Gasteiger partial charge on any atom is -0.481 e. The predicted molar refractivity (Wildman–Crippen MR) is 47.1 cm³/mol. The molecule has 1 aliphatic rings. The molecule has 0 unspecified atom stereocenters. The summed E-state index contributed by atoms with van der Waals surface area (Å²) >= 11 is 0. The van der Waals surface area contributed by atoms with Gasteiger partial charge in [0.25, 0.3) is 0 Å². The standard InChI is InChI=1S/C9H12N2O3/c10-3-1-2-4-11-8(12)6-5-7(6)9(13)14/h6-7H,1-2,4-5H2,(H,11,12)(H,13,14)/t6-,7+/m1/s1. The van der Waals surface area contributed by atoms with Crippen LogP contribution in [-0.4, -0.2) is 23.5 Å². The highest BCUT2D eigenvalue weighted by atomic mass is 16.4. The molecule has 5 heteroatoms. The van der Waals surface area contributed by atoms with Gasteiger partial charge in [0.05, 0.1) is 17.9 Å². The van der Waals surface area contributed by atoms with Gasteiger partial charge in [-0.25, -0.2) is 0 Å². The molecule has 1 rings (SSSR count). The number of carboxylic acids is 1. The van der Waals surface area contributed by atoms with Crippen LogP contribution in [-0.2, 0) is 9.59 Å². The Kier molecular flexibility index (Phi) is 3.46. The van der Waals surface area contributed by atoms with Gasteiger partial charge in [0, 0.05) is 13.0 Å². The molecule has 0 saturated heterocycles. The van der Waals surface area contributed by atoms with E-state index in [1.807, 2.05) is 6.07 Å². The highest BCUT2D eigenvalue weighted by Gasteiger charge is 2.48. The number of rotatable bonds is 5. The van der Waals surface area contributed by atoms with E-state index < -0.39 is 11.9 Å². The molecule has 0 aliphatic heterocycles. The average molecular weight is 196 g/mol. The lowest BCUT2D eigenvalue weighted by molar-refractivity contribution is -0.140. The number of nitrogens with one attached hydrogen (secondary N) is 1. The summed E-state index contributed by atoms with van der Waals surface area (Å²) in [6.07, 6.45) is 1.47. The van der Waals surface area contributed by atoms with Gasteiger partial charge in [-0.1, -0.05) is 0 Å². The van der Waals surface area contributed by atoms with Gasteiger partial charge in [-0.3, -0.25) is 9.59 Å². The van der Waals surface area contributed by atoms with Crippen LogP contribution in [0.5, 0.6) is 0 Å². The van der Waals surface area contributed by atoms with E-state index in [-0.39, 0.29) is 11.8 Å². The molecule has 1 aliphatic carbocycles. The number of carbonyl (C=O) groups excluding carboxylic acids is 1. The largest absolute Gasteiger partial charge is 0.481 e. The van der Waals surface area contributed by atoms with Crippen LogP contribution in [0.1, 0.15) is 19.3 Å². The van der Waals surface area contributed by atoms with Crippen molar-refractivity contribution in [1.29, 1.82) is 5.26 Å². The molecule has 0 aromatic rings. The number of nitriles is 1. The summed E-state index contributed by atoms with van der Waals surface area (Å²) in [5.41, 5.74) is 0. The summed E-state index contributed by atoms with van der Waals surface area (Å²) in [5, 5.41) is 19.4. The third-order valence-electron chi connectivity index (χ3n) is 2.21. The van der Waals surface area contributed by atoms with Gasteiger partial charge in [0.15, 0.2) is 0 Å². The highest BCUT2D eigenvalue weighted by Crippen LogP contribution is 2.38. The fraction of sp³-hybridized carbons (Fsp3) is 0.667. The number of hydrogen-bond acceptors (Lipinski definition) is 3. The lowest BCUT2D eigenvalue weighted by Crippen LogP contribution is -2.27. The van der Waals surface area contributed by atoms with Crippen molar-refractivity contribution in [1.82, 2.24) is 5.32 Å². The van der Waals surface area contributed by atoms with Crippen molar-refractivity contribution >= 4 is 11.9 Å². The van der Waals surface area contributed by atoms with E-state index in [0.29, 0.717) is 25.8 Å². The molecule has 1 amide bonds. The van der Waals surface area contributed by atoms with E-state index in [1.165, 1.54) is 0 Å². The molecule has 0 radical (unpaired) electrons. The zero-order chi connectivity index (χ0) is 10.6. The molecule has 14 heavy (non-hydrogen) atoms. The van der Waals surface area contributed by atoms with Crippen LogP contribution in [0.4, 0.5) is 0 Å². The van der Waals surface area contributed by atoms with Gasteiger partial charge in [0.1, 0.15) is 0 Å². The quantitative estimate of drug-likeness (QED) is 0.611. The number of aliphatic carboxylic acids is 1. The molecule has 0 aromatic heterocycles. The molecule has 2 N–H and O–H groups in total. The minimum atomic E-state index is -0.901. The Hall–Kier alpha value is -1.57. The van der Waals surface area contributed by atoms with E-state index in [9.17, 15) is 9.59 Å². The van der Waals surface area contributed by atoms with Crippen molar-refractivity contribution < 1.29 is 14.7 Å². The maximum Gasteiger partial charge on any atom is 0.307 e. The smallest absolute Gasteiger partial charge is 0.307 e. The van der Waals surface area contributed by atoms with Crippen LogP contribution in [0.25, 0.3) is 0 Å². The van der Waals surface area contributed by atoms with Crippen molar-refractivity contribution in [3.8, 4) is 6.07 Å². The van der Waals surface area contributed by atoms with E-state index in [0.717, 1.165) is 0 Å². The molecule has 2 atom stereocenters. The number of hydrogen-bond donors (Lipinski definition) is 2. The maximum atomic E-state index is 11.2. The van der Waals surface area contributed by atoms with E-state index in [4.69, 9.17) is 10.4 Å². The summed E-state index contributed by atoms with van der Waals surface area (Å²) in [6.45, 7) is 0.454. The van der Waals surface area contributed by atoms with E-state index >= 15 is 0 Å². The number of carbonyl (C=O) groups is 2. The van der Waals surface area contributed by atoms with Crippen molar-refractivity contribution in [2.45, 2.75) is 19.3 Å². The molecule has 1 fully saturated rings.